The highest BCUT2D eigenvalue weighted by Crippen LogP contribution is 2.18. The molecule has 1 aromatic heterocycles. The van der Waals surface area contributed by atoms with Gasteiger partial charge in [-0.05, 0) is 25.1 Å². The molecule has 148 valence electrons. The average Bonchev–Trinajstić information content (AvgIpc) is 3.13. The minimum absolute atomic E-state index is 0.0856. The van der Waals surface area contributed by atoms with Crippen molar-refractivity contribution in [3.05, 3.63) is 81.7 Å². The van der Waals surface area contributed by atoms with Crippen LogP contribution in [-0.2, 0) is 0 Å². The number of aromatic nitrogens is 3. The summed E-state index contributed by atoms with van der Waals surface area (Å²) in [5.74, 6) is -0.680. The molecule has 3 aromatic rings. The molecule has 0 atom stereocenters. The number of nitrogens with zero attached hydrogens (tertiary/aromatic N) is 4. The molecule has 0 aliphatic heterocycles. The Kier molecular flexibility index (Phi) is 5.93. The van der Waals surface area contributed by atoms with E-state index in [1.807, 2.05) is 6.07 Å². The number of carbonyl (C=O) groups excluding carboxylic acids is 2. The van der Waals surface area contributed by atoms with Gasteiger partial charge >= 0.3 is 0 Å². The standard InChI is InChI=1S/C19H18N6O4/c1-13-17(22-23-24(13)15-8-5-9-16(12-15)25(28)29)19(27)21-11-10-20-18(26)14-6-3-2-4-7-14/h2-9,12H,10-11H2,1H3,(H,20,26)(H,21,27). The van der Waals surface area contributed by atoms with Gasteiger partial charge in [0.15, 0.2) is 5.69 Å². The van der Waals surface area contributed by atoms with Crippen molar-refractivity contribution in [1.29, 1.82) is 0 Å². The minimum Gasteiger partial charge on any atom is -0.350 e. The number of benzene rings is 2. The first-order valence-electron chi connectivity index (χ1n) is 8.76. The number of nitro benzene ring substituents is 1. The summed E-state index contributed by atoms with van der Waals surface area (Å²) in [6.45, 7) is 2.10. The largest absolute Gasteiger partial charge is 0.350 e. The van der Waals surface area contributed by atoms with Crippen molar-refractivity contribution in [2.75, 3.05) is 13.1 Å². The zero-order valence-corrected chi connectivity index (χ0v) is 15.5. The SMILES string of the molecule is Cc1c(C(=O)NCCNC(=O)c2ccccc2)nnn1-c1cccc([N+](=O)[O-])c1. The molecule has 29 heavy (non-hydrogen) atoms. The van der Waals surface area contributed by atoms with Gasteiger partial charge in [0.2, 0.25) is 0 Å². The van der Waals surface area contributed by atoms with E-state index in [0.29, 0.717) is 16.9 Å². The smallest absolute Gasteiger partial charge is 0.273 e. The van der Waals surface area contributed by atoms with Gasteiger partial charge in [-0.3, -0.25) is 19.7 Å². The third kappa shape index (κ3) is 4.61. The fraction of sp³-hybridized carbons (Fsp3) is 0.158. The second kappa shape index (κ2) is 8.74. The van der Waals surface area contributed by atoms with E-state index in [0.717, 1.165) is 0 Å². The number of nitrogens with one attached hydrogen (secondary N) is 2. The maximum atomic E-state index is 12.4. The molecule has 0 saturated carbocycles. The van der Waals surface area contributed by atoms with Gasteiger partial charge in [0.05, 0.1) is 16.3 Å². The topological polar surface area (TPSA) is 132 Å². The average molecular weight is 394 g/mol. The zero-order chi connectivity index (χ0) is 20.8. The van der Waals surface area contributed by atoms with Crippen LogP contribution in [0.25, 0.3) is 5.69 Å². The molecule has 0 fully saturated rings. The summed E-state index contributed by atoms with van der Waals surface area (Å²) in [7, 11) is 0. The minimum atomic E-state index is -0.507. The summed E-state index contributed by atoms with van der Waals surface area (Å²) in [5.41, 5.74) is 1.42. The Morgan fingerprint density at radius 1 is 1.03 bits per heavy atom. The Morgan fingerprint density at radius 3 is 2.41 bits per heavy atom. The second-order valence-electron chi connectivity index (χ2n) is 6.09. The van der Waals surface area contributed by atoms with E-state index in [1.165, 1.54) is 22.9 Å². The van der Waals surface area contributed by atoms with E-state index in [2.05, 4.69) is 20.9 Å². The lowest BCUT2D eigenvalue weighted by Crippen LogP contribution is -2.35. The van der Waals surface area contributed by atoms with E-state index in [1.54, 1.807) is 37.3 Å². The maximum absolute atomic E-state index is 12.4. The van der Waals surface area contributed by atoms with E-state index >= 15 is 0 Å². The molecule has 2 aromatic carbocycles. The molecule has 1 heterocycles. The highest BCUT2D eigenvalue weighted by molar-refractivity contribution is 5.94. The molecular formula is C19H18N6O4. The summed E-state index contributed by atoms with van der Waals surface area (Å²) in [6, 6.07) is 14.6. The van der Waals surface area contributed by atoms with E-state index in [4.69, 9.17) is 0 Å². The molecule has 0 spiro atoms. The highest BCUT2D eigenvalue weighted by Gasteiger charge is 2.18. The Bertz CT molecular complexity index is 1050. The molecule has 2 N–H and O–H groups in total. The number of amides is 2. The van der Waals surface area contributed by atoms with Crippen molar-refractivity contribution >= 4 is 17.5 Å². The maximum Gasteiger partial charge on any atom is 0.273 e. The van der Waals surface area contributed by atoms with Crippen molar-refractivity contribution in [2.45, 2.75) is 6.92 Å². The highest BCUT2D eigenvalue weighted by atomic mass is 16.6. The van der Waals surface area contributed by atoms with Gasteiger partial charge in [-0.25, -0.2) is 4.68 Å². The van der Waals surface area contributed by atoms with Crippen molar-refractivity contribution in [3.63, 3.8) is 0 Å². The summed E-state index contributed by atoms with van der Waals surface area (Å²) in [4.78, 5) is 34.7. The van der Waals surface area contributed by atoms with Crippen LogP contribution in [-0.4, -0.2) is 44.8 Å². The van der Waals surface area contributed by atoms with Gasteiger partial charge in [-0.1, -0.05) is 29.5 Å². The lowest BCUT2D eigenvalue weighted by Gasteiger charge is -2.07. The van der Waals surface area contributed by atoms with Crippen LogP contribution in [0.15, 0.2) is 54.6 Å². The fourth-order valence-corrected chi connectivity index (χ4v) is 2.65. The van der Waals surface area contributed by atoms with Gasteiger partial charge in [0.1, 0.15) is 0 Å². The molecule has 2 amide bonds. The second-order valence-corrected chi connectivity index (χ2v) is 6.09. The van der Waals surface area contributed by atoms with Gasteiger partial charge in [0.25, 0.3) is 17.5 Å². The van der Waals surface area contributed by atoms with Crippen LogP contribution in [0.2, 0.25) is 0 Å². The number of non-ortho nitro benzene ring substituents is 1. The molecule has 0 unspecified atom stereocenters. The first-order chi connectivity index (χ1) is 14.0. The Morgan fingerprint density at radius 2 is 1.72 bits per heavy atom. The number of rotatable bonds is 7. The zero-order valence-electron chi connectivity index (χ0n) is 15.5. The quantitative estimate of drug-likeness (QED) is 0.356. The van der Waals surface area contributed by atoms with Crippen LogP contribution in [0, 0.1) is 17.0 Å². The van der Waals surface area contributed by atoms with Crippen LogP contribution in [0.5, 0.6) is 0 Å². The molecular weight excluding hydrogens is 376 g/mol. The third-order valence-corrected chi connectivity index (χ3v) is 4.13. The van der Waals surface area contributed by atoms with Crippen LogP contribution >= 0.6 is 0 Å². The van der Waals surface area contributed by atoms with Crippen molar-refractivity contribution in [2.24, 2.45) is 0 Å². The summed E-state index contributed by atoms with van der Waals surface area (Å²) in [5, 5.41) is 24.1. The molecule has 0 aliphatic rings. The number of carbonyl (C=O) groups is 2. The first-order valence-corrected chi connectivity index (χ1v) is 8.76. The number of hydrogen-bond donors (Lipinski definition) is 2. The van der Waals surface area contributed by atoms with E-state index in [9.17, 15) is 19.7 Å². The Hall–Kier alpha value is -4.08. The molecule has 0 saturated heterocycles. The van der Waals surface area contributed by atoms with Crippen LogP contribution in [0.4, 0.5) is 5.69 Å². The predicted molar refractivity (Wildman–Crippen MR) is 104 cm³/mol. The lowest BCUT2D eigenvalue weighted by molar-refractivity contribution is -0.384. The molecule has 0 aliphatic carbocycles. The molecule has 3 rings (SSSR count). The van der Waals surface area contributed by atoms with Crippen molar-refractivity contribution in [1.82, 2.24) is 25.6 Å². The molecule has 10 heteroatoms. The monoisotopic (exact) mass is 394 g/mol. The van der Waals surface area contributed by atoms with Crippen LogP contribution in [0.1, 0.15) is 26.5 Å². The number of hydrogen-bond acceptors (Lipinski definition) is 6. The fourth-order valence-electron chi connectivity index (χ4n) is 2.65. The Balaban J connectivity index is 1.59. The van der Waals surface area contributed by atoms with Crippen molar-refractivity contribution < 1.29 is 14.5 Å². The van der Waals surface area contributed by atoms with Gasteiger partial charge in [-0.15, -0.1) is 5.10 Å². The third-order valence-electron chi connectivity index (χ3n) is 4.13. The van der Waals surface area contributed by atoms with E-state index < -0.39 is 10.8 Å². The summed E-state index contributed by atoms with van der Waals surface area (Å²) >= 11 is 0. The van der Waals surface area contributed by atoms with Crippen LogP contribution in [0.3, 0.4) is 0 Å². The van der Waals surface area contributed by atoms with Crippen LogP contribution < -0.4 is 10.6 Å². The Labute approximate surface area is 165 Å². The van der Waals surface area contributed by atoms with Gasteiger partial charge in [0, 0.05) is 30.8 Å². The molecule has 0 bridgehead atoms. The molecule has 0 radical (unpaired) electrons. The van der Waals surface area contributed by atoms with Gasteiger partial charge in [-0.2, -0.15) is 0 Å². The first kappa shape index (κ1) is 19.7. The summed E-state index contributed by atoms with van der Waals surface area (Å²) in [6.07, 6.45) is 0. The van der Waals surface area contributed by atoms with Gasteiger partial charge < -0.3 is 10.6 Å². The normalized spacial score (nSPS) is 10.4. The van der Waals surface area contributed by atoms with E-state index in [-0.39, 0.29) is 30.4 Å². The lowest BCUT2D eigenvalue weighted by atomic mass is 10.2. The predicted octanol–water partition coefficient (Wildman–Crippen LogP) is 1.64. The van der Waals surface area contributed by atoms with Crippen molar-refractivity contribution in [3.8, 4) is 5.69 Å². The number of nitro groups is 1. The molecule has 10 nitrogen and oxygen atoms in total. The summed E-state index contributed by atoms with van der Waals surface area (Å²) < 4.78 is 1.36.